The lowest BCUT2D eigenvalue weighted by Gasteiger charge is -2.31. The van der Waals surface area contributed by atoms with Gasteiger partial charge in [-0.2, -0.15) is 0 Å². The molecule has 0 fully saturated rings. The molecule has 0 unspecified atom stereocenters. The van der Waals surface area contributed by atoms with Crippen molar-refractivity contribution in [2.24, 2.45) is 0 Å². The predicted molar refractivity (Wildman–Crippen MR) is 112 cm³/mol. The molecule has 4 aromatic rings. The van der Waals surface area contributed by atoms with Crippen LogP contribution < -0.4 is 0 Å². The average molecular weight is 344 g/mol. The molecule has 4 aromatic carbocycles. The van der Waals surface area contributed by atoms with E-state index in [1.54, 1.807) is 0 Å². The zero-order valence-electron chi connectivity index (χ0n) is 15.2. The maximum Gasteiger partial charge on any atom is 0.0296 e. The van der Waals surface area contributed by atoms with Crippen LogP contribution in [0.15, 0.2) is 97.1 Å². The van der Waals surface area contributed by atoms with E-state index in [0.717, 1.165) is 12.8 Å². The minimum atomic E-state index is 0.00981. The first-order valence-electron chi connectivity index (χ1n) is 9.72. The zero-order chi connectivity index (χ0) is 17.8. The summed E-state index contributed by atoms with van der Waals surface area (Å²) in [4.78, 5) is 0. The summed E-state index contributed by atoms with van der Waals surface area (Å²) in [6.45, 7) is 0. The number of hydrogen-bond donors (Lipinski definition) is 0. The van der Waals surface area contributed by atoms with Gasteiger partial charge in [-0.1, -0.05) is 97.1 Å². The number of benzene rings is 4. The summed E-state index contributed by atoms with van der Waals surface area (Å²) in [7, 11) is 0. The highest BCUT2D eigenvalue weighted by Gasteiger charge is 2.44. The van der Waals surface area contributed by atoms with Crippen molar-refractivity contribution in [3.05, 3.63) is 119 Å². The Morgan fingerprint density at radius 2 is 0.778 bits per heavy atom. The van der Waals surface area contributed by atoms with E-state index < -0.39 is 0 Å². The molecule has 128 valence electrons. The van der Waals surface area contributed by atoms with Gasteiger partial charge in [0, 0.05) is 5.41 Å². The van der Waals surface area contributed by atoms with E-state index in [1.165, 1.54) is 44.5 Å². The van der Waals surface area contributed by atoms with Crippen molar-refractivity contribution in [1.82, 2.24) is 0 Å². The summed E-state index contributed by atoms with van der Waals surface area (Å²) < 4.78 is 0. The van der Waals surface area contributed by atoms with E-state index >= 15 is 0 Å². The van der Waals surface area contributed by atoms with Crippen LogP contribution in [0.2, 0.25) is 0 Å². The molecule has 0 atom stereocenters. The first-order chi connectivity index (χ1) is 13.4. The van der Waals surface area contributed by atoms with Crippen molar-refractivity contribution in [2.45, 2.75) is 18.3 Å². The number of fused-ring (bicyclic) bond motifs is 8. The molecule has 0 aliphatic heterocycles. The summed E-state index contributed by atoms with van der Waals surface area (Å²) in [5.74, 6) is 0. The maximum atomic E-state index is 2.35. The lowest BCUT2D eigenvalue weighted by atomic mass is 9.70. The molecule has 0 aromatic heterocycles. The number of hydrogen-bond acceptors (Lipinski definition) is 0. The Kier molecular flexibility index (Phi) is 3.02. The van der Waals surface area contributed by atoms with Gasteiger partial charge in [0.2, 0.25) is 0 Å². The summed E-state index contributed by atoms with van der Waals surface area (Å²) >= 11 is 0. The standard InChI is InChI=1S/C27H20/c1-3-11-21-19(9-1)17-27(18-20-10-2-4-12-22(20)21)25-15-7-5-13-23(25)24-14-6-8-16-26(24)27/h1-16H,17-18H2. The average Bonchev–Trinajstić information content (AvgIpc) is 2.89. The van der Waals surface area contributed by atoms with Crippen LogP contribution in [0.3, 0.4) is 0 Å². The lowest BCUT2D eigenvalue weighted by molar-refractivity contribution is 0.525. The molecule has 0 saturated heterocycles. The van der Waals surface area contributed by atoms with Crippen LogP contribution in [0.25, 0.3) is 22.3 Å². The highest BCUT2D eigenvalue weighted by molar-refractivity contribution is 5.83. The third-order valence-electron chi connectivity index (χ3n) is 6.48. The van der Waals surface area contributed by atoms with Crippen LogP contribution in [0, 0.1) is 0 Å². The van der Waals surface area contributed by atoms with Gasteiger partial charge < -0.3 is 0 Å². The summed E-state index contributed by atoms with van der Waals surface area (Å²) in [5, 5.41) is 0. The largest absolute Gasteiger partial charge is 0.0620 e. The minimum Gasteiger partial charge on any atom is -0.0620 e. The van der Waals surface area contributed by atoms with Crippen LogP contribution in [0.1, 0.15) is 22.3 Å². The quantitative estimate of drug-likeness (QED) is 0.345. The Bertz CT molecular complexity index is 1070. The molecule has 0 heterocycles. The Balaban J connectivity index is 1.72. The van der Waals surface area contributed by atoms with Gasteiger partial charge in [0.1, 0.15) is 0 Å². The first kappa shape index (κ1) is 15.0. The molecule has 27 heavy (non-hydrogen) atoms. The summed E-state index contributed by atoms with van der Waals surface area (Å²) in [6.07, 6.45) is 2.09. The molecular weight excluding hydrogens is 324 g/mol. The molecule has 0 N–H and O–H groups in total. The third-order valence-corrected chi connectivity index (χ3v) is 6.48. The topological polar surface area (TPSA) is 0 Å². The number of rotatable bonds is 0. The molecular formula is C27H20. The first-order valence-corrected chi connectivity index (χ1v) is 9.72. The second kappa shape index (κ2) is 5.44. The van der Waals surface area contributed by atoms with Crippen molar-refractivity contribution in [1.29, 1.82) is 0 Å². The Labute approximate surface area is 160 Å². The third kappa shape index (κ3) is 1.99. The van der Waals surface area contributed by atoms with Gasteiger partial charge in [-0.05, 0) is 57.3 Å². The van der Waals surface area contributed by atoms with Crippen molar-refractivity contribution >= 4 is 0 Å². The Hall–Kier alpha value is -3.12. The fraction of sp³-hybridized carbons (Fsp3) is 0.111. The molecule has 2 aliphatic rings. The summed E-state index contributed by atoms with van der Waals surface area (Å²) in [5.41, 5.74) is 11.5. The second-order valence-electron chi connectivity index (χ2n) is 7.84. The lowest BCUT2D eigenvalue weighted by Crippen LogP contribution is -2.30. The summed E-state index contributed by atoms with van der Waals surface area (Å²) in [6, 6.07) is 36.0. The highest BCUT2D eigenvalue weighted by Crippen LogP contribution is 2.54. The normalized spacial score (nSPS) is 15.4. The van der Waals surface area contributed by atoms with Crippen LogP contribution in [-0.4, -0.2) is 0 Å². The SMILES string of the molecule is c1ccc2c(c1)CC1(Cc3ccccc3-2)c2ccccc2-c2ccccc21. The maximum absolute atomic E-state index is 2.35. The molecule has 6 rings (SSSR count). The van der Waals surface area contributed by atoms with Crippen molar-refractivity contribution in [3.8, 4) is 22.3 Å². The zero-order valence-corrected chi connectivity index (χ0v) is 15.2. The smallest absolute Gasteiger partial charge is 0.0296 e. The van der Waals surface area contributed by atoms with Gasteiger partial charge in [0.15, 0.2) is 0 Å². The predicted octanol–water partition coefficient (Wildman–Crippen LogP) is 6.42. The van der Waals surface area contributed by atoms with E-state index in [0.29, 0.717) is 0 Å². The fourth-order valence-corrected chi connectivity index (χ4v) is 5.38. The monoisotopic (exact) mass is 344 g/mol. The van der Waals surface area contributed by atoms with Crippen LogP contribution in [-0.2, 0) is 18.3 Å². The molecule has 0 saturated carbocycles. The van der Waals surface area contributed by atoms with Crippen LogP contribution in [0.4, 0.5) is 0 Å². The fourth-order valence-electron chi connectivity index (χ4n) is 5.38. The molecule has 0 bridgehead atoms. The van der Waals surface area contributed by atoms with Gasteiger partial charge in [-0.15, -0.1) is 0 Å². The minimum absolute atomic E-state index is 0.00981. The van der Waals surface area contributed by atoms with Gasteiger partial charge in [-0.25, -0.2) is 0 Å². The Morgan fingerprint density at radius 1 is 0.407 bits per heavy atom. The van der Waals surface area contributed by atoms with Gasteiger partial charge in [0.25, 0.3) is 0 Å². The van der Waals surface area contributed by atoms with Gasteiger partial charge in [-0.3, -0.25) is 0 Å². The van der Waals surface area contributed by atoms with E-state index in [4.69, 9.17) is 0 Å². The molecule has 0 nitrogen and oxygen atoms in total. The second-order valence-corrected chi connectivity index (χ2v) is 7.84. The van der Waals surface area contributed by atoms with E-state index in [9.17, 15) is 0 Å². The van der Waals surface area contributed by atoms with Gasteiger partial charge >= 0.3 is 0 Å². The Morgan fingerprint density at radius 3 is 1.26 bits per heavy atom. The molecule has 0 radical (unpaired) electrons. The van der Waals surface area contributed by atoms with E-state index in [2.05, 4.69) is 97.1 Å². The highest BCUT2D eigenvalue weighted by atomic mass is 14.5. The molecule has 1 spiro atoms. The van der Waals surface area contributed by atoms with E-state index in [-0.39, 0.29) is 5.41 Å². The van der Waals surface area contributed by atoms with Gasteiger partial charge in [0.05, 0.1) is 0 Å². The van der Waals surface area contributed by atoms with Crippen LogP contribution >= 0.6 is 0 Å². The van der Waals surface area contributed by atoms with E-state index in [1.807, 2.05) is 0 Å². The molecule has 0 amide bonds. The van der Waals surface area contributed by atoms with Crippen molar-refractivity contribution < 1.29 is 0 Å². The molecule has 0 heteroatoms. The van der Waals surface area contributed by atoms with Crippen LogP contribution in [0.5, 0.6) is 0 Å². The van der Waals surface area contributed by atoms with Crippen molar-refractivity contribution in [3.63, 3.8) is 0 Å². The molecule has 2 aliphatic carbocycles. The van der Waals surface area contributed by atoms with Crippen molar-refractivity contribution in [2.75, 3.05) is 0 Å².